The molecule has 1 aliphatic carbocycles. The highest BCUT2D eigenvalue weighted by Gasteiger charge is 2.26. The van der Waals surface area contributed by atoms with Gasteiger partial charge < -0.3 is 15.2 Å². The average Bonchev–Trinajstić information content (AvgIpc) is 3.42. The molecule has 2 N–H and O–H groups in total. The van der Waals surface area contributed by atoms with Gasteiger partial charge in [-0.15, -0.1) is 0 Å². The molecule has 0 spiro atoms. The van der Waals surface area contributed by atoms with Crippen LogP contribution in [0.1, 0.15) is 47.8 Å². The lowest BCUT2D eigenvalue weighted by atomic mass is 10.1. The Bertz CT molecular complexity index is 1170. The van der Waals surface area contributed by atoms with Gasteiger partial charge in [0, 0.05) is 48.3 Å². The zero-order valence-electron chi connectivity index (χ0n) is 19.0. The number of hydrogen-bond donors (Lipinski definition) is 2. The standard InChI is InChI=1S/C26H30Cl2N4O/c1-2-5-24(32-14-12-31(13-15-32)23-9-4-7-20(27)25(23)28)30-26(33)17-10-11-22-19(16-17)18-6-3-8-21(18)29-22/h4,7,9-11,16,24,29H,2-3,5-6,8,12-15H2,1H3,(H,30,33). The molecular weight excluding hydrogens is 455 g/mol. The van der Waals surface area contributed by atoms with Crippen molar-refractivity contribution in [2.45, 2.75) is 45.2 Å². The molecule has 5 nitrogen and oxygen atoms in total. The summed E-state index contributed by atoms with van der Waals surface area (Å²) in [6.45, 7) is 5.57. The number of nitrogens with zero attached hydrogens (tertiary/aromatic N) is 2. The smallest absolute Gasteiger partial charge is 0.252 e. The van der Waals surface area contributed by atoms with E-state index in [1.165, 1.54) is 23.1 Å². The minimum Gasteiger partial charge on any atom is -0.368 e. The number of H-pyrrole nitrogens is 1. The Labute approximate surface area is 205 Å². The molecule has 0 bridgehead atoms. The minimum absolute atomic E-state index is 0.00334. The molecule has 0 saturated carbocycles. The second-order valence-corrected chi connectivity index (χ2v) is 9.86. The third-order valence-corrected chi connectivity index (χ3v) is 7.81. The van der Waals surface area contributed by atoms with Crippen LogP contribution in [-0.2, 0) is 12.8 Å². The summed E-state index contributed by atoms with van der Waals surface area (Å²) in [7, 11) is 0. The molecular formula is C26H30Cl2N4O. The fourth-order valence-corrected chi connectivity index (χ4v) is 5.67. The first kappa shape index (κ1) is 22.6. The van der Waals surface area contributed by atoms with E-state index in [0.717, 1.165) is 68.6 Å². The molecule has 5 rings (SSSR count). The van der Waals surface area contributed by atoms with Gasteiger partial charge in [-0.25, -0.2) is 0 Å². The Balaban J connectivity index is 1.27. The third kappa shape index (κ3) is 4.46. The molecule has 33 heavy (non-hydrogen) atoms. The Morgan fingerprint density at radius 1 is 1.12 bits per heavy atom. The van der Waals surface area contributed by atoms with Crippen LogP contribution in [0.2, 0.25) is 10.0 Å². The lowest BCUT2D eigenvalue weighted by Gasteiger charge is -2.40. The summed E-state index contributed by atoms with van der Waals surface area (Å²) in [5, 5.41) is 5.71. The van der Waals surface area contributed by atoms with Gasteiger partial charge in [-0.2, -0.15) is 0 Å². The monoisotopic (exact) mass is 484 g/mol. The van der Waals surface area contributed by atoms with Crippen LogP contribution in [0, 0.1) is 0 Å². The second kappa shape index (κ2) is 9.57. The van der Waals surface area contributed by atoms with Crippen LogP contribution in [0.25, 0.3) is 10.9 Å². The number of anilines is 1. The van der Waals surface area contributed by atoms with Crippen molar-refractivity contribution in [3.63, 3.8) is 0 Å². The lowest BCUT2D eigenvalue weighted by Crippen LogP contribution is -2.56. The molecule has 3 aromatic rings. The van der Waals surface area contributed by atoms with Crippen molar-refractivity contribution in [2.75, 3.05) is 31.1 Å². The summed E-state index contributed by atoms with van der Waals surface area (Å²) >= 11 is 12.6. The number of rotatable bonds is 6. The first-order valence-electron chi connectivity index (χ1n) is 11.9. The second-order valence-electron chi connectivity index (χ2n) is 9.07. The van der Waals surface area contributed by atoms with Gasteiger partial charge in [0.05, 0.1) is 21.9 Å². The Morgan fingerprint density at radius 2 is 1.94 bits per heavy atom. The maximum absolute atomic E-state index is 13.2. The van der Waals surface area contributed by atoms with Crippen molar-refractivity contribution >= 4 is 45.7 Å². The summed E-state index contributed by atoms with van der Waals surface area (Å²) in [6.07, 6.45) is 5.35. The number of nitrogens with one attached hydrogen (secondary N) is 2. The van der Waals surface area contributed by atoms with Crippen molar-refractivity contribution in [3.8, 4) is 0 Å². The Hall–Kier alpha value is -2.21. The number of hydrogen-bond acceptors (Lipinski definition) is 3. The summed E-state index contributed by atoms with van der Waals surface area (Å²) < 4.78 is 0. The summed E-state index contributed by atoms with van der Waals surface area (Å²) in [6, 6.07) is 11.8. The molecule has 1 fully saturated rings. The van der Waals surface area contributed by atoms with Gasteiger partial charge in [0.15, 0.2) is 0 Å². The highest BCUT2D eigenvalue weighted by molar-refractivity contribution is 6.43. The molecule has 0 radical (unpaired) electrons. The van der Waals surface area contributed by atoms with E-state index in [1.807, 2.05) is 30.3 Å². The van der Waals surface area contributed by atoms with Crippen LogP contribution in [-0.4, -0.2) is 48.1 Å². The number of halogens is 2. The maximum Gasteiger partial charge on any atom is 0.252 e. The third-order valence-electron chi connectivity index (χ3n) is 7.00. The van der Waals surface area contributed by atoms with Crippen molar-refractivity contribution in [2.24, 2.45) is 0 Å². The number of aromatic amines is 1. The van der Waals surface area contributed by atoms with Crippen LogP contribution in [0.5, 0.6) is 0 Å². The van der Waals surface area contributed by atoms with Crippen LogP contribution >= 0.6 is 23.2 Å². The number of benzene rings is 2. The molecule has 7 heteroatoms. The number of aromatic nitrogens is 1. The SMILES string of the molecule is CCCC(NC(=O)c1ccc2[nH]c3c(c2c1)CCC3)N1CCN(c2cccc(Cl)c2Cl)CC1. The van der Waals surface area contributed by atoms with Gasteiger partial charge in [0.2, 0.25) is 0 Å². The first-order chi connectivity index (χ1) is 16.0. The number of amides is 1. The topological polar surface area (TPSA) is 51.4 Å². The van der Waals surface area contributed by atoms with Crippen molar-refractivity contribution in [1.82, 2.24) is 15.2 Å². The van der Waals surface area contributed by atoms with Gasteiger partial charge in [0.25, 0.3) is 5.91 Å². The first-order valence-corrected chi connectivity index (χ1v) is 12.7. The van der Waals surface area contributed by atoms with Gasteiger partial charge in [-0.3, -0.25) is 9.69 Å². The van der Waals surface area contributed by atoms with Gasteiger partial charge in [-0.1, -0.05) is 42.6 Å². The molecule has 2 aliphatic rings. The van der Waals surface area contributed by atoms with Crippen LogP contribution in [0.4, 0.5) is 5.69 Å². The molecule has 2 heterocycles. The van der Waals surface area contributed by atoms with Gasteiger partial charge in [-0.05, 0) is 61.6 Å². The number of aryl methyl sites for hydroxylation is 2. The molecule has 174 valence electrons. The van der Waals surface area contributed by atoms with E-state index in [-0.39, 0.29) is 12.1 Å². The van der Waals surface area contributed by atoms with Crippen molar-refractivity contribution in [1.29, 1.82) is 0 Å². The summed E-state index contributed by atoms with van der Waals surface area (Å²) in [4.78, 5) is 21.4. The zero-order valence-corrected chi connectivity index (χ0v) is 20.5. The van der Waals surface area contributed by atoms with E-state index in [4.69, 9.17) is 23.2 Å². The van der Waals surface area contributed by atoms with E-state index >= 15 is 0 Å². The van der Waals surface area contributed by atoms with Crippen LogP contribution in [0.3, 0.4) is 0 Å². The number of carbonyl (C=O) groups is 1. The van der Waals surface area contributed by atoms with Gasteiger partial charge >= 0.3 is 0 Å². The largest absolute Gasteiger partial charge is 0.368 e. The molecule has 1 atom stereocenters. The minimum atomic E-state index is 0.00334. The van der Waals surface area contributed by atoms with E-state index < -0.39 is 0 Å². The van der Waals surface area contributed by atoms with Crippen molar-refractivity contribution < 1.29 is 4.79 Å². The normalized spacial score (nSPS) is 17.4. The summed E-state index contributed by atoms with van der Waals surface area (Å²) in [5.41, 5.74) is 5.58. The average molecular weight is 485 g/mol. The quantitative estimate of drug-likeness (QED) is 0.475. The van der Waals surface area contributed by atoms with E-state index in [2.05, 4.69) is 33.1 Å². The predicted molar refractivity (Wildman–Crippen MR) is 137 cm³/mol. The van der Waals surface area contributed by atoms with Crippen LogP contribution in [0.15, 0.2) is 36.4 Å². The summed E-state index contributed by atoms with van der Waals surface area (Å²) in [5.74, 6) is 0.00334. The molecule has 1 unspecified atom stereocenters. The molecule has 1 amide bonds. The lowest BCUT2D eigenvalue weighted by molar-refractivity contribution is 0.0824. The van der Waals surface area contributed by atoms with E-state index in [0.29, 0.717) is 10.0 Å². The van der Waals surface area contributed by atoms with Crippen molar-refractivity contribution in [3.05, 3.63) is 63.3 Å². The zero-order chi connectivity index (χ0) is 22.9. The highest BCUT2D eigenvalue weighted by Crippen LogP contribution is 2.33. The fourth-order valence-electron chi connectivity index (χ4n) is 5.25. The highest BCUT2D eigenvalue weighted by atomic mass is 35.5. The molecule has 1 saturated heterocycles. The predicted octanol–water partition coefficient (Wildman–Crippen LogP) is 5.64. The van der Waals surface area contributed by atoms with E-state index in [9.17, 15) is 4.79 Å². The van der Waals surface area contributed by atoms with E-state index in [1.54, 1.807) is 0 Å². The fraction of sp³-hybridized carbons (Fsp3) is 0.423. The molecule has 1 aliphatic heterocycles. The Morgan fingerprint density at radius 3 is 2.73 bits per heavy atom. The maximum atomic E-state index is 13.2. The van der Waals surface area contributed by atoms with Crippen LogP contribution < -0.4 is 10.2 Å². The molecule has 1 aromatic heterocycles. The molecule has 2 aromatic carbocycles. The number of piperazine rings is 1. The van der Waals surface area contributed by atoms with Gasteiger partial charge in [0.1, 0.15) is 0 Å². The number of carbonyl (C=O) groups excluding carboxylic acids is 1. The number of fused-ring (bicyclic) bond motifs is 3. The Kier molecular flexibility index (Phi) is 6.55.